The van der Waals surface area contributed by atoms with Gasteiger partial charge in [-0.05, 0) is 19.4 Å². The molecule has 0 saturated heterocycles. The minimum atomic E-state index is 0.782. The molecule has 0 aliphatic rings. The van der Waals surface area contributed by atoms with Gasteiger partial charge in [-0.1, -0.05) is 85.0 Å². The SMILES string of the molecule is CCCCCCCCCCCC(CCC)NCC. The van der Waals surface area contributed by atoms with Gasteiger partial charge in [0.15, 0.2) is 0 Å². The van der Waals surface area contributed by atoms with Crippen LogP contribution in [0.4, 0.5) is 0 Å². The lowest BCUT2D eigenvalue weighted by Crippen LogP contribution is -2.28. The summed E-state index contributed by atoms with van der Waals surface area (Å²) in [6.45, 7) is 7.93. The van der Waals surface area contributed by atoms with E-state index in [1.54, 1.807) is 0 Å². The van der Waals surface area contributed by atoms with Crippen LogP contribution in [0.2, 0.25) is 0 Å². The molecule has 0 rings (SSSR count). The highest BCUT2D eigenvalue weighted by Gasteiger charge is 2.04. The van der Waals surface area contributed by atoms with Gasteiger partial charge in [-0.15, -0.1) is 0 Å². The van der Waals surface area contributed by atoms with Crippen molar-refractivity contribution in [3.05, 3.63) is 0 Å². The van der Waals surface area contributed by atoms with E-state index in [1.807, 2.05) is 0 Å². The van der Waals surface area contributed by atoms with Crippen molar-refractivity contribution in [2.75, 3.05) is 6.54 Å². The van der Waals surface area contributed by atoms with Gasteiger partial charge in [0.05, 0.1) is 0 Å². The van der Waals surface area contributed by atoms with E-state index in [9.17, 15) is 0 Å². The lowest BCUT2D eigenvalue weighted by Gasteiger charge is -2.16. The average molecular weight is 255 g/mol. The van der Waals surface area contributed by atoms with Crippen molar-refractivity contribution < 1.29 is 0 Å². The Hall–Kier alpha value is -0.0400. The van der Waals surface area contributed by atoms with E-state index in [0.29, 0.717) is 0 Å². The lowest BCUT2D eigenvalue weighted by atomic mass is 10.0. The molecule has 0 aromatic heterocycles. The second-order valence-corrected chi connectivity index (χ2v) is 5.66. The highest BCUT2D eigenvalue weighted by atomic mass is 14.9. The van der Waals surface area contributed by atoms with Crippen molar-refractivity contribution in [2.45, 2.75) is 104 Å². The van der Waals surface area contributed by atoms with Gasteiger partial charge >= 0.3 is 0 Å². The minimum absolute atomic E-state index is 0.782. The summed E-state index contributed by atoms with van der Waals surface area (Å²) >= 11 is 0. The maximum atomic E-state index is 3.61. The fourth-order valence-corrected chi connectivity index (χ4v) is 2.69. The van der Waals surface area contributed by atoms with Gasteiger partial charge in [0.2, 0.25) is 0 Å². The molecule has 18 heavy (non-hydrogen) atoms. The molecule has 0 bridgehead atoms. The number of nitrogens with one attached hydrogen (secondary N) is 1. The van der Waals surface area contributed by atoms with Gasteiger partial charge in [-0.3, -0.25) is 0 Å². The summed E-state index contributed by atoms with van der Waals surface area (Å²) in [5.41, 5.74) is 0. The van der Waals surface area contributed by atoms with Gasteiger partial charge in [0.1, 0.15) is 0 Å². The van der Waals surface area contributed by atoms with Gasteiger partial charge in [0, 0.05) is 6.04 Å². The standard InChI is InChI=1S/C17H37N/c1-4-7-8-9-10-11-12-13-14-16-17(15-5-2)18-6-3/h17-18H,4-16H2,1-3H3. The molecule has 0 spiro atoms. The largest absolute Gasteiger partial charge is 0.314 e. The third-order valence-electron chi connectivity index (χ3n) is 3.79. The van der Waals surface area contributed by atoms with E-state index in [-0.39, 0.29) is 0 Å². The quantitative estimate of drug-likeness (QED) is 0.393. The smallest absolute Gasteiger partial charge is 0.00668 e. The van der Waals surface area contributed by atoms with Gasteiger partial charge in [-0.2, -0.15) is 0 Å². The van der Waals surface area contributed by atoms with Crippen molar-refractivity contribution in [3.63, 3.8) is 0 Å². The van der Waals surface area contributed by atoms with Crippen LogP contribution >= 0.6 is 0 Å². The Bertz CT molecular complexity index is 139. The van der Waals surface area contributed by atoms with Crippen molar-refractivity contribution in [3.8, 4) is 0 Å². The summed E-state index contributed by atoms with van der Waals surface area (Å²) in [7, 11) is 0. The molecule has 1 nitrogen and oxygen atoms in total. The molecule has 0 aromatic carbocycles. The first-order chi connectivity index (χ1) is 8.85. The van der Waals surface area contributed by atoms with Crippen LogP contribution in [0.5, 0.6) is 0 Å². The molecular formula is C17H37N. The Morgan fingerprint density at radius 2 is 1.17 bits per heavy atom. The molecule has 1 N–H and O–H groups in total. The van der Waals surface area contributed by atoms with E-state index in [2.05, 4.69) is 26.1 Å². The molecule has 110 valence electrons. The van der Waals surface area contributed by atoms with E-state index >= 15 is 0 Å². The molecular weight excluding hydrogens is 218 g/mol. The van der Waals surface area contributed by atoms with E-state index in [4.69, 9.17) is 0 Å². The first-order valence-electron chi connectivity index (χ1n) is 8.58. The van der Waals surface area contributed by atoms with E-state index < -0.39 is 0 Å². The molecule has 0 heterocycles. The van der Waals surface area contributed by atoms with Crippen LogP contribution in [-0.2, 0) is 0 Å². The summed E-state index contributed by atoms with van der Waals surface area (Å²) in [4.78, 5) is 0. The van der Waals surface area contributed by atoms with Crippen LogP contribution in [0.1, 0.15) is 97.8 Å². The van der Waals surface area contributed by atoms with Crippen molar-refractivity contribution in [1.29, 1.82) is 0 Å². The molecule has 0 aromatic rings. The van der Waals surface area contributed by atoms with Gasteiger partial charge in [0.25, 0.3) is 0 Å². The van der Waals surface area contributed by atoms with Gasteiger partial charge in [-0.25, -0.2) is 0 Å². The van der Waals surface area contributed by atoms with Crippen LogP contribution in [0.25, 0.3) is 0 Å². The lowest BCUT2D eigenvalue weighted by molar-refractivity contribution is 0.434. The third-order valence-corrected chi connectivity index (χ3v) is 3.79. The maximum Gasteiger partial charge on any atom is 0.00668 e. The van der Waals surface area contributed by atoms with Crippen molar-refractivity contribution in [1.82, 2.24) is 5.32 Å². The molecule has 0 amide bonds. The van der Waals surface area contributed by atoms with E-state index in [0.717, 1.165) is 12.6 Å². The van der Waals surface area contributed by atoms with E-state index in [1.165, 1.54) is 77.0 Å². The topological polar surface area (TPSA) is 12.0 Å². The van der Waals surface area contributed by atoms with Crippen LogP contribution < -0.4 is 5.32 Å². The Labute approximate surface area is 116 Å². The Balaban J connectivity index is 3.21. The monoisotopic (exact) mass is 255 g/mol. The highest BCUT2D eigenvalue weighted by Crippen LogP contribution is 2.12. The fourth-order valence-electron chi connectivity index (χ4n) is 2.69. The number of hydrogen-bond donors (Lipinski definition) is 1. The number of unbranched alkanes of at least 4 members (excludes halogenated alkanes) is 8. The molecule has 0 aliphatic carbocycles. The second kappa shape index (κ2) is 15.0. The summed E-state index contributed by atoms with van der Waals surface area (Å²) < 4.78 is 0. The zero-order valence-corrected chi connectivity index (χ0v) is 13.3. The van der Waals surface area contributed by atoms with Crippen LogP contribution in [0.15, 0.2) is 0 Å². The third kappa shape index (κ3) is 12.4. The molecule has 0 saturated carbocycles. The normalized spacial score (nSPS) is 12.8. The van der Waals surface area contributed by atoms with Crippen molar-refractivity contribution in [2.24, 2.45) is 0 Å². The Morgan fingerprint density at radius 1 is 0.611 bits per heavy atom. The zero-order valence-electron chi connectivity index (χ0n) is 13.3. The first kappa shape index (κ1) is 18.0. The fraction of sp³-hybridized carbons (Fsp3) is 1.00. The Kier molecular flexibility index (Phi) is 15.0. The van der Waals surface area contributed by atoms with Crippen molar-refractivity contribution >= 4 is 0 Å². The number of rotatable bonds is 14. The molecule has 1 unspecified atom stereocenters. The molecule has 1 atom stereocenters. The van der Waals surface area contributed by atoms with Crippen LogP contribution in [0, 0.1) is 0 Å². The summed E-state index contributed by atoms with van der Waals surface area (Å²) in [5, 5.41) is 3.61. The summed E-state index contributed by atoms with van der Waals surface area (Å²) in [6.07, 6.45) is 17.0. The molecule has 0 fully saturated rings. The predicted molar refractivity (Wildman–Crippen MR) is 84.2 cm³/mol. The highest BCUT2D eigenvalue weighted by molar-refractivity contribution is 4.65. The Morgan fingerprint density at radius 3 is 1.67 bits per heavy atom. The minimum Gasteiger partial charge on any atom is -0.314 e. The maximum absolute atomic E-state index is 3.61. The van der Waals surface area contributed by atoms with Crippen LogP contribution in [0.3, 0.4) is 0 Å². The molecule has 0 aliphatic heterocycles. The molecule has 1 heteroatoms. The van der Waals surface area contributed by atoms with Gasteiger partial charge < -0.3 is 5.32 Å². The number of hydrogen-bond acceptors (Lipinski definition) is 1. The average Bonchev–Trinajstić information content (AvgIpc) is 2.37. The summed E-state index contributed by atoms with van der Waals surface area (Å²) in [5.74, 6) is 0. The second-order valence-electron chi connectivity index (χ2n) is 5.66. The summed E-state index contributed by atoms with van der Waals surface area (Å²) in [6, 6.07) is 0.782. The predicted octanol–water partition coefficient (Wildman–Crippen LogP) is 5.69. The zero-order chi connectivity index (χ0) is 13.5. The molecule has 0 radical (unpaired) electrons. The first-order valence-corrected chi connectivity index (χ1v) is 8.58. The van der Waals surface area contributed by atoms with Crippen LogP contribution in [-0.4, -0.2) is 12.6 Å².